The van der Waals surface area contributed by atoms with Crippen molar-refractivity contribution < 1.29 is 0 Å². The van der Waals surface area contributed by atoms with Crippen LogP contribution in [0.4, 0.5) is 0 Å². The van der Waals surface area contributed by atoms with Gasteiger partial charge in [-0.25, -0.2) is 9.67 Å². The Bertz CT molecular complexity index is 459. The van der Waals surface area contributed by atoms with Gasteiger partial charge in [0.2, 0.25) is 0 Å². The maximum Gasteiger partial charge on any atom is 0.157 e. The molecule has 0 radical (unpaired) electrons. The van der Waals surface area contributed by atoms with E-state index in [2.05, 4.69) is 10.1 Å². The zero-order valence-corrected chi connectivity index (χ0v) is 9.07. The summed E-state index contributed by atoms with van der Waals surface area (Å²) in [5.74, 6) is 0.731. The van der Waals surface area contributed by atoms with E-state index in [0.717, 1.165) is 17.1 Å². The van der Waals surface area contributed by atoms with Gasteiger partial charge in [0.25, 0.3) is 0 Å². The average molecular weight is 223 g/mol. The normalized spacial score (nSPS) is 10.6. The lowest BCUT2D eigenvalue weighted by Crippen LogP contribution is -2.06. The van der Waals surface area contributed by atoms with Crippen molar-refractivity contribution in [3.63, 3.8) is 0 Å². The molecule has 0 amide bonds. The van der Waals surface area contributed by atoms with Gasteiger partial charge in [0.05, 0.1) is 16.9 Å². The van der Waals surface area contributed by atoms with Crippen LogP contribution in [0.1, 0.15) is 11.3 Å². The van der Waals surface area contributed by atoms with Crippen molar-refractivity contribution in [2.75, 3.05) is 0 Å². The van der Waals surface area contributed by atoms with Crippen molar-refractivity contribution in [2.24, 2.45) is 5.73 Å². The predicted molar refractivity (Wildman–Crippen MR) is 59.0 cm³/mol. The first-order valence-electron chi connectivity index (χ1n) is 4.58. The Morgan fingerprint density at radius 2 is 2.33 bits per heavy atom. The van der Waals surface area contributed by atoms with E-state index in [1.807, 2.05) is 19.1 Å². The molecular weight excluding hydrogens is 212 g/mol. The number of hydrogen-bond donors (Lipinski definition) is 1. The molecule has 2 aromatic rings. The second-order valence-corrected chi connectivity index (χ2v) is 3.60. The minimum Gasteiger partial charge on any atom is -0.326 e. The van der Waals surface area contributed by atoms with Gasteiger partial charge in [-0.3, -0.25) is 0 Å². The van der Waals surface area contributed by atoms with Crippen LogP contribution in [0.15, 0.2) is 24.5 Å². The largest absolute Gasteiger partial charge is 0.326 e. The van der Waals surface area contributed by atoms with Crippen molar-refractivity contribution in [1.82, 2.24) is 14.8 Å². The molecule has 2 rings (SSSR count). The fourth-order valence-corrected chi connectivity index (χ4v) is 1.47. The molecule has 2 aromatic heterocycles. The van der Waals surface area contributed by atoms with E-state index in [1.54, 1.807) is 17.1 Å². The Kier molecular flexibility index (Phi) is 2.70. The number of nitrogens with two attached hydrogens (primary N) is 1. The predicted octanol–water partition coefficient (Wildman–Crippen LogP) is 1.69. The van der Waals surface area contributed by atoms with Crippen LogP contribution in [0.5, 0.6) is 0 Å². The standard InChI is InChI=1S/C10H11ClN4/c1-7-9(11)6-15(14-7)10-8(5-12)3-2-4-13-10/h2-4,6H,5,12H2,1H3. The molecule has 0 aliphatic rings. The van der Waals surface area contributed by atoms with Crippen LogP contribution in [0, 0.1) is 6.92 Å². The van der Waals surface area contributed by atoms with Crippen LogP contribution in [0.2, 0.25) is 5.02 Å². The van der Waals surface area contributed by atoms with Crippen molar-refractivity contribution in [2.45, 2.75) is 13.5 Å². The molecule has 2 heterocycles. The average Bonchev–Trinajstić information content (AvgIpc) is 2.59. The molecule has 0 saturated heterocycles. The third kappa shape index (κ3) is 1.86. The smallest absolute Gasteiger partial charge is 0.157 e. The second kappa shape index (κ2) is 4.00. The number of halogens is 1. The summed E-state index contributed by atoms with van der Waals surface area (Å²) in [6, 6.07) is 3.77. The highest BCUT2D eigenvalue weighted by Crippen LogP contribution is 2.17. The van der Waals surface area contributed by atoms with Crippen LogP contribution in [-0.4, -0.2) is 14.8 Å². The molecule has 0 aliphatic carbocycles. The van der Waals surface area contributed by atoms with E-state index < -0.39 is 0 Å². The summed E-state index contributed by atoms with van der Waals surface area (Å²) in [6.07, 6.45) is 3.44. The summed E-state index contributed by atoms with van der Waals surface area (Å²) in [7, 11) is 0. The van der Waals surface area contributed by atoms with Crippen LogP contribution in [-0.2, 0) is 6.54 Å². The first kappa shape index (κ1) is 10.1. The topological polar surface area (TPSA) is 56.7 Å². The zero-order chi connectivity index (χ0) is 10.8. The summed E-state index contributed by atoms with van der Waals surface area (Å²) in [4.78, 5) is 4.24. The molecule has 0 fully saturated rings. The van der Waals surface area contributed by atoms with Gasteiger partial charge in [0.1, 0.15) is 0 Å². The highest BCUT2D eigenvalue weighted by Gasteiger charge is 2.08. The summed E-state index contributed by atoms with van der Waals surface area (Å²) >= 11 is 5.93. The molecule has 15 heavy (non-hydrogen) atoms. The third-order valence-electron chi connectivity index (χ3n) is 2.14. The van der Waals surface area contributed by atoms with Crippen molar-refractivity contribution in [1.29, 1.82) is 0 Å². The number of rotatable bonds is 2. The number of pyridine rings is 1. The maximum atomic E-state index is 5.93. The van der Waals surface area contributed by atoms with Gasteiger partial charge in [-0.2, -0.15) is 5.10 Å². The SMILES string of the molecule is Cc1nn(-c2ncccc2CN)cc1Cl. The van der Waals surface area contributed by atoms with Gasteiger partial charge in [0.15, 0.2) is 5.82 Å². The van der Waals surface area contributed by atoms with Crippen LogP contribution in [0.3, 0.4) is 0 Å². The summed E-state index contributed by atoms with van der Waals surface area (Å²) in [5.41, 5.74) is 7.34. The monoisotopic (exact) mass is 222 g/mol. The molecule has 0 spiro atoms. The number of aryl methyl sites for hydroxylation is 1. The van der Waals surface area contributed by atoms with Gasteiger partial charge >= 0.3 is 0 Å². The minimum atomic E-state index is 0.430. The lowest BCUT2D eigenvalue weighted by Gasteiger charge is -2.05. The molecule has 4 nitrogen and oxygen atoms in total. The first-order chi connectivity index (χ1) is 7.22. The summed E-state index contributed by atoms with van der Waals surface area (Å²) in [6.45, 7) is 2.28. The highest BCUT2D eigenvalue weighted by molar-refractivity contribution is 6.31. The molecule has 2 N–H and O–H groups in total. The van der Waals surface area contributed by atoms with Crippen molar-refractivity contribution >= 4 is 11.6 Å². The lowest BCUT2D eigenvalue weighted by atomic mass is 10.2. The lowest BCUT2D eigenvalue weighted by molar-refractivity contribution is 0.812. The van der Waals surface area contributed by atoms with Crippen molar-refractivity contribution in [3.8, 4) is 5.82 Å². The molecule has 0 atom stereocenters. The Labute approximate surface area is 92.7 Å². The van der Waals surface area contributed by atoms with Crippen LogP contribution >= 0.6 is 11.6 Å². The Balaban J connectivity index is 2.53. The number of aromatic nitrogens is 3. The van der Waals surface area contributed by atoms with Gasteiger partial charge < -0.3 is 5.73 Å². The molecule has 0 unspecified atom stereocenters. The molecule has 5 heteroatoms. The number of hydrogen-bond acceptors (Lipinski definition) is 3. The molecule has 0 aliphatic heterocycles. The zero-order valence-electron chi connectivity index (χ0n) is 8.31. The second-order valence-electron chi connectivity index (χ2n) is 3.20. The minimum absolute atomic E-state index is 0.430. The van der Waals surface area contributed by atoms with Crippen molar-refractivity contribution in [3.05, 3.63) is 40.8 Å². The first-order valence-corrected chi connectivity index (χ1v) is 4.96. The van der Waals surface area contributed by atoms with Gasteiger partial charge in [-0.15, -0.1) is 0 Å². The fourth-order valence-electron chi connectivity index (χ4n) is 1.34. The quantitative estimate of drug-likeness (QED) is 0.841. The molecule has 0 aromatic carbocycles. The maximum absolute atomic E-state index is 5.93. The van der Waals surface area contributed by atoms with E-state index in [9.17, 15) is 0 Å². The van der Waals surface area contributed by atoms with Gasteiger partial charge in [-0.1, -0.05) is 17.7 Å². The van der Waals surface area contributed by atoms with Crippen LogP contribution in [0.25, 0.3) is 5.82 Å². The molecule has 0 saturated carbocycles. The highest BCUT2D eigenvalue weighted by atomic mass is 35.5. The van der Waals surface area contributed by atoms with E-state index in [-0.39, 0.29) is 0 Å². The van der Waals surface area contributed by atoms with Gasteiger partial charge in [-0.05, 0) is 13.0 Å². The van der Waals surface area contributed by atoms with E-state index in [0.29, 0.717) is 11.6 Å². The number of nitrogens with zero attached hydrogens (tertiary/aromatic N) is 3. The Morgan fingerprint density at radius 3 is 2.93 bits per heavy atom. The fraction of sp³-hybridized carbons (Fsp3) is 0.200. The van der Waals surface area contributed by atoms with Gasteiger partial charge in [0, 0.05) is 18.3 Å². The Morgan fingerprint density at radius 1 is 1.53 bits per heavy atom. The Hall–Kier alpha value is -1.39. The molecular formula is C10H11ClN4. The third-order valence-corrected chi connectivity index (χ3v) is 2.51. The summed E-state index contributed by atoms with van der Waals surface area (Å²) < 4.78 is 1.65. The van der Waals surface area contributed by atoms with E-state index in [4.69, 9.17) is 17.3 Å². The molecule has 0 bridgehead atoms. The van der Waals surface area contributed by atoms with E-state index >= 15 is 0 Å². The van der Waals surface area contributed by atoms with E-state index in [1.165, 1.54) is 0 Å². The summed E-state index contributed by atoms with van der Waals surface area (Å²) in [5, 5.41) is 4.88. The van der Waals surface area contributed by atoms with Crippen LogP contribution < -0.4 is 5.73 Å². The molecule has 78 valence electrons.